The summed E-state index contributed by atoms with van der Waals surface area (Å²) in [4.78, 5) is 21.6. The number of carbonyl (C=O) groups is 1. The van der Waals surface area contributed by atoms with E-state index in [1.165, 1.54) is 12.1 Å². The van der Waals surface area contributed by atoms with Crippen molar-refractivity contribution >= 4 is 28.7 Å². The van der Waals surface area contributed by atoms with Crippen molar-refractivity contribution in [1.29, 1.82) is 0 Å². The van der Waals surface area contributed by atoms with E-state index in [-0.39, 0.29) is 5.69 Å². The summed E-state index contributed by atoms with van der Waals surface area (Å²) in [6.07, 6.45) is -2.50. The Morgan fingerprint density at radius 2 is 1.74 bits per heavy atom. The molecule has 39 heavy (non-hydrogen) atoms. The largest absolute Gasteiger partial charge is 0.416 e. The predicted molar refractivity (Wildman–Crippen MR) is 143 cm³/mol. The average molecular weight is 540 g/mol. The zero-order chi connectivity index (χ0) is 27.6. The Morgan fingerprint density at radius 3 is 2.44 bits per heavy atom. The number of benzene rings is 2. The summed E-state index contributed by atoms with van der Waals surface area (Å²) in [5.41, 5.74) is 2.45. The zero-order valence-electron chi connectivity index (χ0n) is 21.5. The third-order valence-corrected chi connectivity index (χ3v) is 6.16. The first-order valence-corrected chi connectivity index (χ1v) is 12.4. The number of morpholine rings is 1. The van der Waals surface area contributed by atoms with E-state index in [9.17, 15) is 18.0 Å². The lowest BCUT2D eigenvalue weighted by atomic mass is 10.2. The molecule has 0 saturated carbocycles. The molecule has 12 heteroatoms. The average Bonchev–Trinajstić information content (AvgIpc) is 3.30. The first kappa shape index (κ1) is 26.4. The lowest BCUT2D eigenvalue weighted by Crippen LogP contribution is -2.37. The highest BCUT2D eigenvalue weighted by atomic mass is 19.4. The molecule has 3 heterocycles. The molecule has 0 bridgehead atoms. The van der Waals surface area contributed by atoms with Crippen molar-refractivity contribution in [2.45, 2.75) is 12.7 Å². The minimum absolute atomic E-state index is 0.0386. The normalized spacial score (nSPS) is 14.2. The summed E-state index contributed by atoms with van der Waals surface area (Å²) < 4.78 is 46.2. The van der Waals surface area contributed by atoms with Gasteiger partial charge in [0.05, 0.1) is 18.8 Å². The Bertz CT molecular complexity index is 1460. The van der Waals surface area contributed by atoms with E-state index in [4.69, 9.17) is 14.8 Å². The number of alkyl halides is 3. The third-order valence-electron chi connectivity index (χ3n) is 6.16. The Morgan fingerprint density at radius 1 is 1.03 bits per heavy atom. The summed E-state index contributed by atoms with van der Waals surface area (Å²) in [7, 11) is 4.02. The Hall–Kier alpha value is -4.16. The molecule has 0 aliphatic carbocycles. The molecule has 2 aromatic heterocycles. The molecule has 2 amide bonds. The smallest absolute Gasteiger partial charge is 0.378 e. The van der Waals surface area contributed by atoms with Crippen molar-refractivity contribution in [3.63, 3.8) is 0 Å². The van der Waals surface area contributed by atoms with Gasteiger partial charge in [0.1, 0.15) is 5.52 Å². The van der Waals surface area contributed by atoms with Crippen LogP contribution < -0.4 is 15.5 Å². The van der Waals surface area contributed by atoms with Crippen LogP contribution in [0.5, 0.6) is 0 Å². The summed E-state index contributed by atoms with van der Waals surface area (Å²) in [5.74, 6) is 1.35. The molecule has 204 valence electrons. The minimum atomic E-state index is -4.49. The van der Waals surface area contributed by atoms with E-state index in [2.05, 4.69) is 26.5 Å². The molecule has 1 fully saturated rings. The first-order chi connectivity index (χ1) is 18.7. The highest BCUT2D eigenvalue weighted by Gasteiger charge is 2.30. The second kappa shape index (κ2) is 10.9. The molecule has 0 unspecified atom stereocenters. The van der Waals surface area contributed by atoms with Crippen molar-refractivity contribution in [2.24, 2.45) is 0 Å². The van der Waals surface area contributed by atoms with E-state index in [0.717, 1.165) is 54.2 Å². The Labute approximate surface area is 223 Å². The third kappa shape index (κ3) is 6.29. The number of rotatable bonds is 6. The van der Waals surface area contributed by atoms with Gasteiger partial charge in [-0.15, -0.1) is 5.10 Å². The molecule has 1 saturated heterocycles. The number of fused-ring (bicyclic) bond motifs is 1. The molecule has 1 aliphatic rings. The fraction of sp³-hybridized carbons (Fsp3) is 0.296. The Balaban J connectivity index is 1.36. The van der Waals surface area contributed by atoms with E-state index in [0.29, 0.717) is 24.7 Å². The van der Waals surface area contributed by atoms with Crippen LogP contribution in [0.25, 0.3) is 16.9 Å². The van der Waals surface area contributed by atoms with Crippen LogP contribution in [0.3, 0.4) is 0 Å². The van der Waals surface area contributed by atoms with Crippen LogP contribution in [0, 0.1) is 0 Å². The maximum absolute atomic E-state index is 12.9. The van der Waals surface area contributed by atoms with Crippen molar-refractivity contribution in [1.82, 2.24) is 19.5 Å². The van der Waals surface area contributed by atoms with Crippen molar-refractivity contribution < 1.29 is 22.7 Å². The maximum Gasteiger partial charge on any atom is 0.416 e. The fourth-order valence-corrected chi connectivity index (χ4v) is 4.39. The van der Waals surface area contributed by atoms with Gasteiger partial charge >= 0.3 is 12.2 Å². The Kier molecular flexibility index (Phi) is 7.40. The topological polar surface area (TPSA) is 87.0 Å². The van der Waals surface area contributed by atoms with Gasteiger partial charge in [-0.05, 0) is 68.2 Å². The highest BCUT2D eigenvalue weighted by molar-refractivity contribution is 5.99. The van der Waals surface area contributed by atoms with Crippen LogP contribution >= 0.6 is 0 Å². The van der Waals surface area contributed by atoms with Crippen LogP contribution in [0.1, 0.15) is 11.1 Å². The van der Waals surface area contributed by atoms with Gasteiger partial charge < -0.3 is 25.2 Å². The molecule has 9 nitrogen and oxygen atoms in total. The number of hydrogen-bond acceptors (Lipinski definition) is 6. The lowest BCUT2D eigenvalue weighted by Gasteiger charge is -2.28. The van der Waals surface area contributed by atoms with Gasteiger partial charge in [-0.25, -0.2) is 14.3 Å². The molecular formula is C27H28F3N7O2. The van der Waals surface area contributed by atoms with E-state index < -0.39 is 17.8 Å². The van der Waals surface area contributed by atoms with Gasteiger partial charge in [-0.1, -0.05) is 6.07 Å². The maximum atomic E-state index is 12.9. The fourth-order valence-electron chi connectivity index (χ4n) is 4.39. The van der Waals surface area contributed by atoms with Crippen LogP contribution in [-0.4, -0.2) is 65.9 Å². The molecule has 0 radical (unpaired) electrons. The number of nitrogens with zero attached hydrogens (tertiary/aromatic N) is 5. The number of ether oxygens (including phenoxy) is 1. The van der Waals surface area contributed by atoms with Gasteiger partial charge in [-0.2, -0.15) is 13.2 Å². The molecule has 0 spiro atoms. The highest BCUT2D eigenvalue weighted by Crippen LogP contribution is 2.31. The predicted octanol–water partition coefficient (Wildman–Crippen LogP) is 4.96. The molecule has 0 atom stereocenters. The number of urea groups is 1. The van der Waals surface area contributed by atoms with Gasteiger partial charge in [0, 0.05) is 42.8 Å². The molecule has 2 aromatic carbocycles. The number of halogens is 3. The van der Waals surface area contributed by atoms with Crippen molar-refractivity contribution in [3.8, 4) is 11.4 Å². The minimum Gasteiger partial charge on any atom is -0.378 e. The van der Waals surface area contributed by atoms with E-state index >= 15 is 0 Å². The number of nitrogens with one attached hydrogen (secondary N) is 2. The number of hydrogen-bond donors (Lipinski definition) is 2. The lowest BCUT2D eigenvalue weighted by molar-refractivity contribution is -0.137. The van der Waals surface area contributed by atoms with Gasteiger partial charge in [-0.3, -0.25) is 0 Å². The molecule has 2 N–H and O–H groups in total. The number of anilines is 3. The molecule has 4 aromatic rings. The summed E-state index contributed by atoms with van der Waals surface area (Å²) in [6, 6.07) is 12.9. The molecule has 1 aliphatic heterocycles. The zero-order valence-corrected chi connectivity index (χ0v) is 21.5. The first-order valence-electron chi connectivity index (χ1n) is 12.4. The van der Waals surface area contributed by atoms with E-state index in [1.807, 2.05) is 24.8 Å². The van der Waals surface area contributed by atoms with Crippen molar-refractivity contribution in [2.75, 3.05) is 55.9 Å². The summed E-state index contributed by atoms with van der Waals surface area (Å²) >= 11 is 0. The molecule has 5 rings (SSSR count). The van der Waals surface area contributed by atoms with E-state index in [1.54, 1.807) is 24.3 Å². The van der Waals surface area contributed by atoms with Gasteiger partial charge in [0.25, 0.3) is 0 Å². The number of aromatic nitrogens is 3. The second-order valence-corrected chi connectivity index (χ2v) is 9.51. The monoisotopic (exact) mass is 539 g/mol. The summed E-state index contributed by atoms with van der Waals surface area (Å²) in [6.45, 7) is 3.47. The second-order valence-electron chi connectivity index (χ2n) is 9.51. The van der Waals surface area contributed by atoms with Gasteiger partial charge in [0.2, 0.25) is 0 Å². The van der Waals surface area contributed by atoms with Crippen LogP contribution in [-0.2, 0) is 17.5 Å². The quantitative estimate of drug-likeness (QED) is 0.360. The van der Waals surface area contributed by atoms with Crippen LogP contribution in [0.15, 0.2) is 60.8 Å². The molecular weight excluding hydrogens is 511 g/mol. The van der Waals surface area contributed by atoms with Crippen LogP contribution in [0.4, 0.5) is 35.2 Å². The van der Waals surface area contributed by atoms with Crippen molar-refractivity contribution in [3.05, 3.63) is 71.9 Å². The van der Waals surface area contributed by atoms with Crippen LogP contribution in [0.2, 0.25) is 0 Å². The number of carbonyl (C=O) groups excluding carboxylic acids is 1. The number of amides is 2. The standard InChI is InChI=1S/C27H28F3N7O2/c1-35(2)16-18-14-23-25(36-10-12-39-13-11-36)33-24(34-37(23)17-18)19-6-8-21(9-7-19)31-26(38)32-22-5-3-4-20(15-22)27(28,29)30/h3-9,14-15,17H,10-13,16H2,1-2H3,(H2,31,32,38). The summed E-state index contributed by atoms with van der Waals surface area (Å²) in [5, 5.41) is 9.81. The van der Waals surface area contributed by atoms with Gasteiger partial charge in [0.15, 0.2) is 11.6 Å². The SMILES string of the molecule is CN(C)Cc1cc2c(N3CCOCC3)nc(-c3ccc(NC(=O)Nc4cccc(C(F)(F)F)c4)cc3)nn2c1.